The van der Waals surface area contributed by atoms with Gasteiger partial charge in [-0.2, -0.15) is 0 Å². The molecular weight excluding hydrogens is 266 g/mol. The van der Waals surface area contributed by atoms with E-state index in [9.17, 15) is 9.90 Å². The summed E-state index contributed by atoms with van der Waals surface area (Å²) in [5.41, 5.74) is 0.921. The minimum Gasteiger partial charge on any atom is -0.495 e. The van der Waals surface area contributed by atoms with Gasteiger partial charge in [-0.1, -0.05) is 17.7 Å². The number of aliphatic carboxylic acids is 1. The molecule has 0 bridgehead atoms. The lowest BCUT2D eigenvalue weighted by Crippen LogP contribution is -2.40. The molecule has 1 atom stereocenters. The minimum atomic E-state index is -0.770. The summed E-state index contributed by atoms with van der Waals surface area (Å²) < 4.78 is 5.09. The summed E-state index contributed by atoms with van der Waals surface area (Å²) in [6, 6.07) is 4.97. The van der Waals surface area contributed by atoms with E-state index in [4.69, 9.17) is 16.3 Å². The summed E-state index contributed by atoms with van der Waals surface area (Å²) in [7, 11) is 1.56. The topological polar surface area (TPSA) is 49.8 Å². The number of hydrogen-bond acceptors (Lipinski definition) is 3. The highest BCUT2D eigenvalue weighted by Gasteiger charge is 2.28. The second-order valence-electron chi connectivity index (χ2n) is 4.77. The molecule has 1 aliphatic heterocycles. The number of ether oxygens (including phenoxy) is 1. The molecule has 1 aliphatic rings. The molecule has 5 heteroatoms. The van der Waals surface area contributed by atoms with E-state index in [2.05, 4.69) is 0 Å². The zero-order valence-electron chi connectivity index (χ0n) is 10.9. The Kier molecular flexibility index (Phi) is 4.66. The van der Waals surface area contributed by atoms with Crippen molar-refractivity contribution >= 4 is 17.6 Å². The summed E-state index contributed by atoms with van der Waals surface area (Å²) in [4.78, 5) is 13.4. The predicted molar refractivity (Wildman–Crippen MR) is 73.9 cm³/mol. The summed E-state index contributed by atoms with van der Waals surface area (Å²) in [5.74, 6) is -0.160. The van der Waals surface area contributed by atoms with Crippen LogP contribution in [0.2, 0.25) is 5.02 Å². The molecule has 0 aliphatic carbocycles. The molecule has 0 aromatic heterocycles. The molecule has 1 N–H and O–H groups in total. The second-order valence-corrected chi connectivity index (χ2v) is 5.18. The van der Waals surface area contributed by atoms with E-state index in [1.165, 1.54) is 0 Å². The molecule has 19 heavy (non-hydrogen) atoms. The first-order chi connectivity index (χ1) is 9.11. The van der Waals surface area contributed by atoms with Crippen molar-refractivity contribution in [2.24, 2.45) is 0 Å². The molecule has 0 radical (unpaired) electrons. The monoisotopic (exact) mass is 283 g/mol. The second kappa shape index (κ2) is 6.26. The van der Waals surface area contributed by atoms with E-state index in [1.54, 1.807) is 19.2 Å². The lowest BCUT2D eigenvalue weighted by molar-refractivity contribution is -0.142. The largest absolute Gasteiger partial charge is 0.495 e. The van der Waals surface area contributed by atoms with Gasteiger partial charge in [-0.15, -0.1) is 0 Å². The normalized spacial score (nSPS) is 17.4. The Bertz CT molecular complexity index is 458. The molecule has 1 fully saturated rings. The van der Waals surface area contributed by atoms with Gasteiger partial charge in [-0.3, -0.25) is 9.69 Å². The van der Waals surface area contributed by atoms with Gasteiger partial charge in [0.1, 0.15) is 11.8 Å². The number of likely N-dealkylation sites (tertiary alicyclic amines) is 1. The Morgan fingerprint density at radius 3 is 2.68 bits per heavy atom. The van der Waals surface area contributed by atoms with Crippen LogP contribution >= 0.6 is 11.6 Å². The van der Waals surface area contributed by atoms with Gasteiger partial charge in [-0.05, 0) is 50.0 Å². The average molecular weight is 284 g/mol. The Hall–Kier alpha value is -1.26. The fraction of sp³-hybridized carbons (Fsp3) is 0.500. The van der Waals surface area contributed by atoms with Gasteiger partial charge in [0.15, 0.2) is 0 Å². The van der Waals surface area contributed by atoms with Crippen LogP contribution in [0.25, 0.3) is 0 Å². The van der Waals surface area contributed by atoms with Crippen LogP contribution in [0.15, 0.2) is 18.2 Å². The van der Waals surface area contributed by atoms with E-state index in [0.717, 1.165) is 31.5 Å². The van der Waals surface area contributed by atoms with Crippen LogP contribution in [-0.2, 0) is 11.2 Å². The van der Waals surface area contributed by atoms with Crippen LogP contribution < -0.4 is 4.74 Å². The van der Waals surface area contributed by atoms with E-state index in [-0.39, 0.29) is 0 Å². The van der Waals surface area contributed by atoms with Gasteiger partial charge >= 0.3 is 5.97 Å². The third-order valence-electron chi connectivity index (χ3n) is 3.51. The number of halogens is 1. The van der Waals surface area contributed by atoms with Crippen molar-refractivity contribution < 1.29 is 14.6 Å². The van der Waals surface area contributed by atoms with Crippen molar-refractivity contribution in [1.29, 1.82) is 0 Å². The first kappa shape index (κ1) is 14.2. The molecule has 0 unspecified atom stereocenters. The number of carboxylic acid groups (broad SMARTS) is 1. The minimum absolute atomic E-state index is 0.466. The molecule has 1 aromatic carbocycles. The van der Waals surface area contributed by atoms with Crippen molar-refractivity contribution in [1.82, 2.24) is 4.90 Å². The Balaban J connectivity index is 2.12. The Morgan fingerprint density at radius 1 is 1.47 bits per heavy atom. The molecule has 2 rings (SSSR count). The van der Waals surface area contributed by atoms with E-state index < -0.39 is 12.0 Å². The molecule has 0 spiro atoms. The van der Waals surface area contributed by atoms with Gasteiger partial charge in [0.2, 0.25) is 0 Å². The van der Waals surface area contributed by atoms with Crippen LogP contribution in [0.1, 0.15) is 18.4 Å². The maximum Gasteiger partial charge on any atom is 0.321 e. The molecule has 1 heterocycles. The molecule has 1 aromatic rings. The van der Waals surface area contributed by atoms with Crippen molar-refractivity contribution in [3.05, 3.63) is 28.8 Å². The van der Waals surface area contributed by atoms with Crippen molar-refractivity contribution in [3.8, 4) is 5.75 Å². The zero-order valence-corrected chi connectivity index (χ0v) is 11.7. The van der Waals surface area contributed by atoms with Crippen molar-refractivity contribution in [3.63, 3.8) is 0 Å². The van der Waals surface area contributed by atoms with Crippen molar-refractivity contribution in [2.45, 2.75) is 25.3 Å². The maximum absolute atomic E-state index is 11.4. The van der Waals surface area contributed by atoms with E-state index in [0.29, 0.717) is 17.2 Å². The van der Waals surface area contributed by atoms with Gasteiger partial charge in [0.25, 0.3) is 0 Å². The molecule has 1 saturated heterocycles. The van der Waals surface area contributed by atoms with Crippen LogP contribution in [0, 0.1) is 0 Å². The molecule has 0 saturated carbocycles. The summed E-state index contributed by atoms with van der Waals surface area (Å²) >= 11 is 6.07. The lowest BCUT2D eigenvalue weighted by atomic mass is 10.0. The quantitative estimate of drug-likeness (QED) is 0.902. The molecule has 0 amide bonds. The number of nitrogens with zero attached hydrogens (tertiary/aromatic N) is 1. The third kappa shape index (κ3) is 3.39. The third-order valence-corrected chi connectivity index (χ3v) is 3.81. The zero-order chi connectivity index (χ0) is 13.8. The highest BCUT2D eigenvalue weighted by molar-refractivity contribution is 6.32. The standard InChI is InChI=1S/C14H18ClNO3/c1-19-13-5-4-10(8-11(13)15)9-12(14(17)18)16-6-2-3-7-16/h4-5,8,12H,2-3,6-7,9H2,1H3,(H,17,18)/t12-/m1/s1. The van der Waals surface area contributed by atoms with E-state index in [1.807, 2.05) is 11.0 Å². The maximum atomic E-state index is 11.4. The summed E-state index contributed by atoms with van der Waals surface area (Å²) in [5, 5.41) is 9.88. The van der Waals surface area contributed by atoms with Crippen molar-refractivity contribution in [2.75, 3.05) is 20.2 Å². The van der Waals surface area contributed by atoms with Crippen LogP contribution in [0.5, 0.6) is 5.75 Å². The summed E-state index contributed by atoms with van der Waals surface area (Å²) in [6.07, 6.45) is 2.62. The number of benzene rings is 1. The van der Waals surface area contributed by atoms with Gasteiger partial charge in [0, 0.05) is 0 Å². The summed E-state index contributed by atoms with van der Waals surface area (Å²) in [6.45, 7) is 1.72. The van der Waals surface area contributed by atoms with Crippen LogP contribution in [0.4, 0.5) is 0 Å². The molecule has 104 valence electrons. The lowest BCUT2D eigenvalue weighted by Gasteiger charge is -2.23. The average Bonchev–Trinajstić information content (AvgIpc) is 2.89. The van der Waals surface area contributed by atoms with Gasteiger partial charge in [0.05, 0.1) is 12.1 Å². The predicted octanol–water partition coefficient (Wildman–Crippen LogP) is 2.44. The molecule has 4 nitrogen and oxygen atoms in total. The van der Waals surface area contributed by atoms with E-state index >= 15 is 0 Å². The van der Waals surface area contributed by atoms with Crippen LogP contribution in [-0.4, -0.2) is 42.2 Å². The number of hydrogen-bond donors (Lipinski definition) is 1. The number of carbonyl (C=O) groups is 1. The number of methoxy groups -OCH3 is 1. The first-order valence-electron chi connectivity index (χ1n) is 6.41. The fourth-order valence-corrected chi connectivity index (χ4v) is 2.77. The Labute approximate surface area is 117 Å². The SMILES string of the molecule is COc1ccc(C[C@H](C(=O)O)N2CCCC2)cc1Cl. The van der Waals surface area contributed by atoms with Gasteiger partial charge in [-0.25, -0.2) is 0 Å². The molecular formula is C14H18ClNO3. The highest BCUT2D eigenvalue weighted by atomic mass is 35.5. The Morgan fingerprint density at radius 2 is 2.16 bits per heavy atom. The smallest absolute Gasteiger partial charge is 0.321 e. The number of rotatable bonds is 5. The highest BCUT2D eigenvalue weighted by Crippen LogP contribution is 2.26. The first-order valence-corrected chi connectivity index (χ1v) is 6.79. The number of carboxylic acids is 1. The fourth-order valence-electron chi connectivity index (χ4n) is 2.49. The van der Waals surface area contributed by atoms with Crippen LogP contribution in [0.3, 0.4) is 0 Å². The van der Waals surface area contributed by atoms with Gasteiger partial charge < -0.3 is 9.84 Å².